The minimum atomic E-state index is 0. The lowest BCUT2D eigenvalue weighted by atomic mass is 10.1. The third-order valence-corrected chi connectivity index (χ3v) is 4.40. The number of benzene rings is 2. The second-order valence-corrected chi connectivity index (χ2v) is 6.38. The van der Waals surface area contributed by atoms with Crippen LogP contribution in [0.4, 0.5) is 0 Å². The second-order valence-electron chi connectivity index (χ2n) is 5.97. The van der Waals surface area contributed by atoms with Crippen LogP contribution < -0.4 is 10.6 Å². The smallest absolute Gasteiger partial charge is 0.191 e. The number of halogens is 2. The van der Waals surface area contributed by atoms with E-state index in [0.717, 1.165) is 47.3 Å². The van der Waals surface area contributed by atoms with Crippen LogP contribution >= 0.6 is 35.6 Å². The molecule has 6 nitrogen and oxygen atoms in total. The van der Waals surface area contributed by atoms with Gasteiger partial charge in [-0.2, -0.15) is 5.10 Å². The molecule has 28 heavy (non-hydrogen) atoms. The quantitative estimate of drug-likeness (QED) is 0.288. The highest BCUT2D eigenvalue weighted by Gasteiger charge is 2.02. The molecule has 0 aliphatic rings. The molecule has 0 bridgehead atoms. The van der Waals surface area contributed by atoms with Crippen LogP contribution in [0.3, 0.4) is 0 Å². The molecule has 0 saturated heterocycles. The van der Waals surface area contributed by atoms with E-state index in [9.17, 15) is 0 Å². The summed E-state index contributed by atoms with van der Waals surface area (Å²) in [5.41, 5.74) is 3.23. The third-order valence-electron chi connectivity index (χ3n) is 4.03. The van der Waals surface area contributed by atoms with E-state index >= 15 is 0 Å². The molecule has 0 fully saturated rings. The van der Waals surface area contributed by atoms with Crippen LogP contribution in [0.5, 0.6) is 0 Å². The lowest BCUT2D eigenvalue weighted by Gasteiger charge is -2.12. The lowest BCUT2D eigenvalue weighted by Crippen LogP contribution is -2.38. The first-order valence-corrected chi connectivity index (χ1v) is 9.33. The Morgan fingerprint density at radius 3 is 2.57 bits per heavy atom. The molecule has 0 aliphatic heterocycles. The van der Waals surface area contributed by atoms with Crippen molar-refractivity contribution in [3.63, 3.8) is 0 Å². The van der Waals surface area contributed by atoms with Gasteiger partial charge >= 0.3 is 0 Å². The molecular formula is C20H24ClIN6. The van der Waals surface area contributed by atoms with Crippen LogP contribution in [0.2, 0.25) is 5.02 Å². The molecule has 8 heteroatoms. The number of guanidine groups is 1. The standard InChI is InChI=1S/C20H23ClN6.HI/c1-2-23-20(24-12-11-17-5-3-4-6-19(17)21)25-13-16-7-9-18(10-8-16)27-15-22-14-26-27;/h3-10,14-15H,2,11-13H2,1H3,(H2,23,24,25);1H. The van der Waals surface area contributed by atoms with Gasteiger partial charge in [-0.05, 0) is 42.7 Å². The molecule has 0 saturated carbocycles. The summed E-state index contributed by atoms with van der Waals surface area (Å²) in [7, 11) is 0. The Morgan fingerprint density at radius 2 is 1.89 bits per heavy atom. The van der Waals surface area contributed by atoms with Crippen LogP contribution in [0, 0.1) is 0 Å². The summed E-state index contributed by atoms with van der Waals surface area (Å²) >= 11 is 6.21. The number of nitrogens with zero attached hydrogens (tertiary/aromatic N) is 4. The van der Waals surface area contributed by atoms with Gasteiger partial charge in [-0.3, -0.25) is 0 Å². The Balaban J connectivity index is 0.00000280. The van der Waals surface area contributed by atoms with Gasteiger partial charge in [0, 0.05) is 18.1 Å². The fourth-order valence-electron chi connectivity index (χ4n) is 2.62. The third kappa shape index (κ3) is 6.49. The van der Waals surface area contributed by atoms with E-state index in [1.807, 2.05) is 48.5 Å². The number of hydrogen-bond acceptors (Lipinski definition) is 3. The molecule has 1 heterocycles. The average Bonchev–Trinajstić information content (AvgIpc) is 3.23. The summed E-state index contributed by atoms with van der Waals surface area (Å²) in [5, 5.41) is 11.6. The number of hydrogen-bond donors (Lipinski definition) is 2. The minimum Gasteiger partial charge on any atom is -0.357 e. The van der Waals surface area contributed by atoms with Gasteiger partial charge in [0.15, 0.2) is 5.96 Å². The fourth-order valence-corrected chi connectivity index (χ4v) is 2.85. The molecule has 2 N–H and O–H groups in total. The summed E-state index contributed by atoms with van der Waals surface area (Å²) < 4.78 is 1.73. The van der Waals surface area contributed by atoms with Crippen molar-refractivity contribution in [2.45, 2.75) is 19.9 Å². The summed E-state index contributed by atoms with van der Waals surface area (Å²) in [6.07, 6.45) is 4.05. The largest absolute Gasteiger partial charge is 0.357 e. The summed E-state index contributed by atoms with van der Waals surface area (Å²) in [4.78, 5) is 8.62. The Hall–Kier alpha value is -2.13. The van der Waals surface area contributed by atoms with Crippen LogP contribution in [0.1, 0.15) is 18.1 Å². The molecule has 1 aromatic heterocycles. The van der Waals surface area contributed by atoms with E-state index in [0.29, 0.717) is 6.54 Å². The fraction of sp³-hybridized carbons (Fsp3) is 0.250. The number of nitrogens with one attached hydrogen (secondary N) is 2. The monoisotopic (exact) mass is 510 g/mol. The summed E-state index contributed by atoms with van der Waals surface area (Å²) in [6.45, 7) is 4.22. The van der Waals surface area contributed by atoms with E-state index in [1.54, 1.807) is 11.0 Å². The SMILES string of the molecule is CCNC(=NCc1ccc(-n2cncn2)cc1)NCCc1ccccc1Cl.I. The second kappa shape index (κ2) is 11.7. The van der Waals surface area contributed by atoms with Gasteiger partial charge in [-0.25, -0.2) is 14.7 Å². The first-order chi connectivity index (χ1) is 13.3. The van der Waals surface area contributed by atoms with Gasteiger partial charge in [-0.15, -0.1) is 24.0 Å². The summed E-state index contributed by atoms with van der Waals surface area (Å²) in [6, 6.07) is 16.0. The maximum Gasteiger partial charge on any atom is 0.191 e. The first-order valence-electron chi connectivity index (χ1n) is 8.96. The zero-order chi connectivity index (χ0) is 18.9. The molecule has 0 aliphatic carbocycles. The van der Waals surface area contributed by atoms with Crippen molar-refractivity contribution in [3.8, 4) is 5.69 Å². The molecular weight excluding hydrogens is 487 g/mol. The van der Waals surface area contributed by atoms with Gasteiger partial charge in [0.25, 0.3) is 0 Å². The van der Waals surface area contributed by atoms with Crippen LogP contribution in [-0.4, -0.2) is 33.8 Å². The molecule has 3 aromatic rings. The predicted octanol–water partition coefficient (Wildman–Crippen LogP) is 3.84. The van der Waals surface area contributed by atoms with E-state index < -0.39 is 0 Å². The molecule has 148 valence electrons. The normalized spacial score (nSPS) is 11.0. The Morgan fingerprint density at radius 1 is 1.11 bits per heavy atom. The van der Waals surface area contributed by atoms with Crippen molar-refractivity contribution in [1.29, 1.82) is 0 Å². The summed E-state index contributed by atoms with van der Waals surface area (Å²) in [5.74, 6) is 0.796. The highest BCUT2D eigenvalue weighted by atomic mass is 127. The Kier molecular flexibility index (Phi) is 9.22. The minimum absolute atomic E-state index is 0. The first kappa shape index (κ1) is 22.2. The molecule has 0 radical (unpaired) electrons. The Bertz CT molecular complexity index is 865. The van der Waals surface area contributed by atoms with E-state index in [4.69, 9.17) is 11.6 Å². The van der Waals surface area contributed by atoms with Crippen molar-refractivity contribution < 1.29 is 0 Å². The van der Waals surface area contributed by atoms with E-state index in [2.05, 4.69) is 32.6 Å². The van der Waals surface area contributed by atoms with Crippen LogP contribution in [0.15, 0.2) is 66.2 Å². The highest BCUT2D eigenvalue weighted by Crippen LogP contribution is 2.14. The number of rotatable bonds is 7. The van der Waals surface area contributed by atoms with Gasteiger partial charge in [0.05, 0.1) is 12.2 Å². The molecule has 0 atom stereocenters. The van der Waals surface area contributed by atoms with Crippen molar-refractivity contribution in [2.75, 3.05) is 13.1 Å². The zero-order valence-electron chi connectivity index (χ0n) is 15.7. The molecule has 3 rings (SSSR count). The lowest BCUT2D eigenvalue weighted by molar-refractivity contribution is 0.799. The van der Waals surface area contributed by atoms with Gasteiger partial charge < -0.3 is 10.6 Å². The van der Waals surface area contributed by atoms with Gasteiger partial charge in [-0.1, -0.05) is 41.9 Å². The van der Waals surface area contributed by atoms with Crippen molar-refractivity contribution in [3.05, 3.63) is 77.3 Å². The van der Waals surface area contributed by atoms with Crippen molar-refractivity contribution in [2.24, 2.45) is 4.99 Å². The van der Waals surface area contributed by atoms with Crippen LogP contribution in [-0.2, 0) is 13.0 Å². The number of aliphatic imine (C=N–C) groups is 1. The molecule has 0 amide bonds. The maximum absolute atomic E-state index is 6.21. The highest BCUT2D eigenvalue weighted by molar-refractivity contribution is 14.0. The van der Waals surface area contributed by atoms with Crippen molar-refractivity contribution >= 4 is 41.5 Å². The molecule has 0 spiro atoms. The number of aromatic nitrogens is 3. The van der Waals surface area contributed by atoms with Gasteiger partial charge in [0.2, 0.25) is 0 Å². The van der Waals surface area contributed by atoms with E-state index in [1.165, 1.54) is 6.33 Å². The molecule has 0 unspecified atom stereocenters. The predicted molar refractivity (Wildman–Crippen MR) is 125 cm³/mol. The topological polar surface area (TPSA) is 67.1 Å². The van der Waals surface area contributed by atoms with Crippen LogP contribution in [0.25, 0.3) is 5.69 Å². The van der Waals surface area contributed by atoms with Gasteiger partial charge in [0.1, 0.15) is 12.7 Å². The maximum atomic E-state index is 6.21. The average molecular weight is 511 g/mol. The molecule has 2 aromatic carbocycles. The van der Waals surface area contributed by atoms with E-state index in [-0.39, 0.29) is 24.0 Å². The Labute approximate surface area is 187 Å². The zero-order valence-corrected chi connectivity index (χ0v) is 18.8. The van der Waals surface area contributed by atoms with Crippen molar-refractivity contribution in [1.82, 2.24) is 25.4 Å².